The van der Waals surface area contributed by atoms with E-state index >= 15 is 0 Å². The van der Waals surface area contributed by atoms with Crippen LogP contribution in [0, 0.1) is 0 Å². The van der Waals surface area contributed by atoms with Gasteiger partial charge in [-0.25, -0.2) is 19.0 Å². The van der Waals surface area contributed by atoms with Crippen molar-refractivity contribution in [2.24, 2.45) is 0 Å². The minimum Gasteiger partial charge on any atom is -0.481 e. The lowest BCUT2D eigenvalue weighted by atomic mass is 9.85. The second-order valence-electron chi connectivity index (χ2n) is 8.91. The molecule has 1 saturated carbocycles. The van der Waals surface area contributed by atoms with Crippen molar-refractivity contribution in [3.63, 3.8) is 0 Å². The van der Waals surface area contributed by atoms with Crippen molar-refractivity contribution in [3.05, 3.63) is 70.5 Å². The lowest BCUT2D eigenvalue weighted by molar-refractivity contribution is 0.103. The van der Waals surface area contributed by atoms with E-state index in [-0.39, 0.29) is 11.6 Å². The van der Waals surface area contributed by atoms with Crippen LogP contribution in [-0.4, -0.2) is 37.5 Å². The zero-order chi connectivity index (χ0) is 23.0. The predicted molar refractivity (Wildman–Crippen MR) is 124 cm³/mol. The number of H-pyrrole nitrogens is 1. The first-order chi connectivity index (χ1) is 15.9. The average molecular weight is 448 g/mol. The molecule has 3 aromatic heterocycles. The van der Waals surface area contributed by atoms with Crippen molar-refractivity contribution in [1.29, 1.82) is 0 Å². The van der Waals surface area contributed by atoms with Gasteiger partial charge in [0.1, 0.15) is 16.9 Å². The molecule has 8 heteroatoms. The van der Waals surface area contributed by atoms with Crippen LogP contribution in [0.3, 0.4) is 0 Å². The molecule has 7 nitrogen and oxygen atoms in total. The van der Waals surface area contributed by atoms with Gasteiger partial charge in [0.25, 0.3) is 5.56 Å². The standard InChI is InChI=1S/C25H26FN5O2/c1-25(26)11-9-18(10-12-25)31-23-20(15-28-31)24(32)30-21(29-23)13-16-5-3-4-6-19(16)17-7-8-22(33-2)27-14-17/h3-8,14-15,18H,9-13H2,1-2H3,(H,29,30,32). The quantitative estimate of drug-likeness (QED) is 0.482. The predicted octanol–water partition coefficient (Wildman–Crippen LogP) is 4.62. The van der Waals surface area contributed by atoms with Crippen LogP contribution in [0.2, 0.25) is 0 Å². The summed E-state index contributed by atoms with van der Waals surface area (Å²) in [5.41, 5.74) is 2.20. The van der Waals surface area contributed by atoms with Crippen molar-refractivity contribution in [2.45, 2.75) is 50.7 Å². The number of ether oxygens (including phenoxy) is 1. The lowest BCUT2D eigenvalue weighted by Crippen LogP contribution is -2.28. The largest absolute Gasteiger partial charge is 0.481 e. The highest BCUT2D eigenvalue weighted by atomic mass is 19.1. The third kappa shape index (κ3) is 4.25. The molecule has 4 aromatic rings. The van der Waals surface area contributed by atoms with E-state index in [1.165, 1.54) is 0 Å². The first-order valence-corrected chi connectivity index (χ1v) is 11.2. The van der Waals surface area contributed by atoms with Gasteiger partial charge in [-0.3, -0.25) is 4.79 Å². The fourth-order valence-electron chi connectivity index (χ4n) is 4.58. The number of benzene rings is 1. The third-order valence-electron chi connectivity index (χ3n) is 6.49. The third-order valence-corrected chi connectivity index (χ3v) is 6.49. The number of rotatable bonds is 5. The van der Waals surface area contributed by atoms with Crippen molar-refractivity contribution in [1.82, 2.24) is 24.7 Å². The Hall–Kier alpha value is -3.55. The van der Waals surface area contributed by atoms with E-state index in [1.807, 2.05) is 41.1 Å². The zero-order valence-electron chi connectivity index (χ0n) is 18.7. The number of nitrogens with one attached hydrogen (secondary N) is 1. The number of pyridine rings is 1. The number of aromatic nitrogens is 5. The van der Waals surface area contributed by atoms with E-state index in [2.05, 4.69) is 15.1 Å². The Morgan fingerprint density at radius 1 is 1.18 bits per heavy atom. The van der Waals surface area contributed by atoms with Crippen molar-refractivity contribution in [2.75, 3.05) is 7.11 Å². The maximum absolute atomic E-state index is 14.3. The normalized spacial score (nSPS) is 20.8. The van der Waals surface area contributed by atoms with Gasteiger partial charge in [-0.1, -0.05) is 24.3 Å². The summed E-state index contributed by atoms with van der Waals surface area (Å²) in [6, 6.07) is 11.8. The molecule has 0 spiro atoms. The fraction of sp³-hybridized carbons (Fsp3) is 0.360. The lowest BCUT2D eigenvalue weighted by Gasteiger charge is -2.31. The average Bonchev–Trinajstić information content (AvgIpc) is 3.24. The molecule has 0 saturated heterocycles. The number of alkyl halides is 1. The first-order valence-electron chi connectivity index (χ1n) is 11.2. The smallest absolute Gasteiger partial charge is 0.262 e. The first kappa shape index (κ1) is 21.3. The Labute approximate surface area is 190 Å². The van der Waals surface area contributed by atoms with Gasteiger partial charge >= 0.3 is 0 Å². The summed E-state index contributed by atoms with van der Waals surface area (Å²) in [5, 5.41) is 4.91. The van der Waals surface area contributed by atoms with Gasteiger partial charge in [0, 0.05) is 24.2 Å². The number of hydrogen-bond acceptors (Lipinski definition) is 5. The molecule has 170 valence electrons. The Balaban J connectivity index is 1.48. The Morgan fingerprint density at radius 3 is 2.70 bits per heavy atom. The highest BCUT2D eigenvalue weighted by Gasteiger charge is 2.32. The Morgan fingerprint density at radius 2 is 1.97 bits per heavy atom. The molecule has 5 rings (SSSR count). The molecule has 0 atom stereocenters. The Kier molecular flexibility index (Phi) is 5.44. The maximum Gasteiger partial charge on any atom is 0.262 e. The van der Waals surface area contributed by atoms with E-state index in [4.69, 9.17) is 9.72 Å². The molecule has 1 aliphatic rings. The van der Waals surface area contributed by atoms with Crippen LogP contribution in [-0.2, 0) is 6.42 Å². The monoisotopic (exact) mass is 447 g/mol. The zero-order valence-corrected chi connectivity index (χ0v) is 18.7. The summed E-state index contributed by atoms with van der Waals surface area (Å²) >= 11 is 0. The molecular weight excluding hydrogens is 421 g/mol. The molecule has 33 heavy (non-hydrogen) atoms. The van der Waals surface area contributed by atoms with Gasteiger partial charge in [0.05, 0.1) is 19.3 Å². The van der Waals surface area contributed by atoms with Crippen LogP contribution in [0.5, 0.6) is 5.88 Å². The molecule has 1 fully saturated rings. The van der Waals surface area contributed by atoms with Gasteiger partial charge < -0.3 is 9.72 Å². The van der Waals surface area contributed by atoms with Gasteiger partial charge in [-0.15, -0.1) is 0 Å². The van der Waals surface area contributed by atoms with E-state index < -0.39 is 5.67 Å². The van der Waals surface area contributed by atoms with Crippen molar-refractivity contribution in [3.8, 4) is 17.0 Å². The summed E-state index contributed by atoms with van der Waals surface area (Å²) in [7, 11) is 1.59. The number of fused-ring (bicyclic) bond motifs is 1. The summed E-state index contributed by atoms with van der Waals surface area (Å²) in [4.78, 5) is 24.8. The number of hydrogen-bond donors (Lipinski definition) is 1. The van der Waals surface area contributed by atoms with Gasteiger partial charge in [0.2, 0.25) is 5.88 Å². The summed E-state index contributed by atoms with van der Waals surface area (Å²) < 4.78 is 21.2. The number of halogens is 1. The Bertz CT molecular complexity index is 1330. The van der Waals surface area contributed by atoms with E-state index in [9.17, 15) is 9.18 Å². The van der Waals surface area contributed by atoms with Gasteiger partial charge in [-0.05, 0) is 49.8 Å². The highest BCUT2D eigenvalue weighted by molar-refractivity contribution is 5.73. The van der Waals surface area contributed by atoms with Crippen LogP contribution >= 0.6 is 0 Å². The number of aromatic amines is 1. The topological polar surface area (TPSA) is 85.7 Å². The van der Waals surface area contributed by atoms with Crippen molar-refractivity contribution < 1.29 is 9.13 Å². The molecule has 0 radical (unpaired) electrons. The second-order valence-corrected chi connectivity index (χ2v) is 8.91. The SMILES string of the molecule is COc1ccc(-c2ccccc2Cc2nc3c(cnn3C3CCC(C)(F)CC3)c(=O)[nH]2)cn1. The van der Waals surface area contributed by atoms with Crippen molar-refractivity contribution >= 4 is 11.0 Å². The molecule has 1 aliphatic carbocycles. The van der Waals surface area contributed by atoms with Crippen LogP contribution in [0.1, 0.15) is 50.0 Å². The molecule has 0 amide bonds. The van der Waals surface area contributed by atoms with E-state index in [1.54, 1.807) is 26.4 Å². The molecule has 0 unspecified atom stereocenters. The maximum atomic E-state index is 14.3. The van der Waals surface area contributed by atoms with E-state index in [0.717, 1.165) is 16.7 Å². The van der Waals surface area contributed by atoms with Crippen LogP contribution in [0.25, 0.3) is 22.2 Å². The number of methoxy groups -OCH3 is 1. The van der Waals surface area contributed by atoms with Crippen LogP contribution < -0.4 is 10.3 Å². The minimum absolute atomic E-state index is 0.0473. The van der Waals surface area contributed by atoms with Gasteiger partial charge in [0.15, 0.2) is 5.65 Å². The highest BCUT2D eigenvalue weighted by Crippen LogP contribution is 2.37. The summed E-state index contributed by atoms with van der Waals surface area (Å²) in [6.07, 6.45) is 6.11. The molecule has 0 bridgehead atoms. The fourth-order valence-corrected chi connectivity index (χ4v) is 4.58. The van der Waals surface area contributed by atoms with Crippen LogP contribution in [0.15, 0.2) is 53.6 Å². The molecule has 1 N–H and O–H groups in total. The summed E-state index contributed by atoms with van der Waals surface area (Å²) in [5.74, 6) is 1.12. The summed E-state index contributed by atoms with van der Waals surface area (Å²) in [6.45, 7) is 1.65. The molecular formula is C25H26FN5O2. The molecule has 0 aliphatic heterocycles. The molecule has 3 heterocycles. The van der Waals surface area contributed by atoms with Crippen LogP contribution in [0.4, 0.5) is 4.39 Å². The molecule has 1 aromatic carbocycles. The van der Waals surface area contributed by atoms with Gasteiger partial charge in [-0.2, -0.15) is 5.10 Å². The second kappa shape index (κ2) is 8.42. The minimum atomic E-state index is -1.13. The number of nitrogens with zero attached hydrogens (tertiary/aromatic N) is 4. The van der Waals surface area contributed by atoms with E-state index in [0.29, 0.717) is 54.8 Å².